The number of carbonyl (C=O) groups excluding carboxylic acids is 1. The monoisotopic (exact) mass is 544 g/mol. The van der Waals surface area contributed by atoms with Gasteiger partial charge in [-0.15, -0.1) is 0 Å². The molecule has 0 radical (unpaired) electrons. The van der Waals surface area contributed by atoms with E-state index in [0.29, 0.717) is 28.5 Å². The van der Waals surface area contributed by atoms with Gasteiger partial charge >= 0.3 is 5.97 Å². The van der Waals surface area contributed by atoms with Crippen LogP contribution in [0.25, 0.3) is 11.3 Å². The second kappa shape index (κ2) is 10.2. The summed E-state index contributed by atoms with van der Waals surface area (Å²) in [6, 6.07) is 17.0. The zero-order valence-corrected chi connectivity index (χ0v) is 21.1. The lowest BCUT2D eigenvalue weighted by molar-refractivity contribution is -0.139. The number of ether oxygens (including phenoxy) is 2. The molecule has 10 nitrogen and oxygen atoms in total. The number of nitrogens with zero attached hydrogens (tertiary/aromatic N) is 1. The van der Waals surface area contributed by atoms with Crippen LogP contribution in [0, 0.1) is 0 Å². The van der Waals surface area contributed by atoms with Crippen LogP contribution in [0.1, 0.15) is 34.8 Å². The van der Waals surface area contributed by atoms with Crippen LogP contribution in [0.4, 0.5) is 0 Å². The van der Waals surface area contributed by atoms with Crippen molar-refractivity contribution in [3.63, 3.8) is 0 Å². The van der Waals surface area contributed by atoms with E-state index in [1.165, 1.54) is 12.1 Å². The summed E-state index contributed by atoms with van der Waals surface area (Å²) in [6.07, 6.45) is -0.206. The molecular formula is C27H32N2O8S. The number of aromatic nitrogens is 1. The number of benzene rings is 2. The third-order valence-corrected chi connectivity index (χ3v) is 8.18. The highest BCUT2D eigenvalue weighted by atomic mass is 32.2. The highest BCUT2D eigenvalue weighted by Gasteiger charge is 2.51. The Kier molecular flexibility index (Phi) is 6.91. The Balaban J connectivity index is 0.00000196. The van der Waals surface area contributed by atoms with Gasteiger partial charge in [-0.1, -0.05) is 24.3 Å². The number of carbonyl (C=O) groups is 2. The second-order valence-corrected chi connectivity index (χ2v) is 11.2. The van der Waals surface area contributed by atoms with Crippen LogP contribution in [-0.2, 0) is 31.4 Å². The van der Waals surface area contributed by atoms with Crippen LogP contribution >= 0.6 is 0 Å². The first-order valence-electron chi connectivity index (χ1n) is 12.1. The van der Waals surface area contributed by atoms with Crippen molar-refractivity contribution in [2.75, 3.05) is 13.3 Å². The van der Waals surface area contributed by atoms with E-state index in [9.17, 15) is 23.1 Å². The SMILES string of the molecule is O=C(O)CC(O)CNS(=O)(=O)c1ccc(-c2cccc(CC(=O)C3(c4ccc5c(c4)OCO5)CC3)n2)cc1.[HH].[HH].[HH]. The standard InChI is InChI=1S/C27H26N2O8S.3H2/c30-20(14-26(32)33)15-28-38(34,35)21-7-4-17(5-8-21)22-3-1-2-19(29-22)13-25(31)27(10-11-27)18-6-9-23-24(12-18)37-16-36-23;;;/h1-9,12,20,28,30H,10-11,13-16H2,(H,32,33);3*1H. The number of carboxylic acids is 1. The van der Waals surface area contributed by atoms with Gasteiger partial charge in [-0.2, -0.15) is 0 Å². The molecule has 3 aromatic rings. The molecule has 1 aliphatic carbocycles. The fourth-order valence-electron chi connectivity index (χ4n) is 4.49. The molecule has 1 fully saturated rings. The van der Waals surface area contributed by atoms with Gasteiger partial charge in [-0.05, 0) is 54.8 Å². The average molecular weight is 545 g/mol. The number of pyridine rings is 1. The molecule has 1 saturated carbocycles. The molecule has 0 bridgehead atoms. The van der Waals surface area contributed by atoms with Crippen molar-refractivity contribution < 1.29 is 42.0 Å². The summed E-state index contributed by atoms with van der Waals surface area (Å²) in [4.78, 5) is 28.6. The molecule has 3 N–H and O–H groups in total. The van der Waals surface area contributed by atoms with E-state index >= 15 is 0 Å². The highest BCUT2D eigenvalue weighted by molar-refractivity contribution is 7.89. The molecule has 1 aliphatic heterocycles. The second-order valence-electron chi connectivity index (χ2n) is 9.39. The summed E-state index contributed by atoms with van der Waals surface area (Å²) in [5, 5.41) is 18.3. The first-order valence-corrected chi connectivity index (χ1v) is 13.5. The number of sulfonamides is 1. The molecule has 11 heteroatoms. The quantitative estimate of drug-likeness (QED) is 0.330. The fourth-order valence-corrected chi connectivity index (χ4v) is 5.56. The molecule has 38 heavy (non-hydrogen) atoms. The van der Waals surface area contributed by atoms with Crippen LogP contribution in [0.5, 0.6) is 11.5 Å². The number of rotatable bonds is 11. The Bertz CT molecular complexity index is 1500. The van der Waals surface area contributed by atoms with Crippen molar-refractivity contribution in [3.8, 4) is 22.8 Å². The van der Waals surface area contributed by atoms with Gasteiger partial charge in [0, 0.05) is 28.5 Å². The lowest BCUT2D eigenvalue weighted by Gasteiger charge is -2.15. The first-order chi connectivity index (χ1) is 18.2. The largest absolute Gasteiger partial charge is 0.481 e. The smallest absolute Gasteiger partial charge is 0.306 e. The van der Waals surface area contributed by atoms with Gasteiger partial charge in [0.05, 0.1) is 28.5 Å². The summed E-state index contributed by atoms with van der Waals surface area (Å²) in [7, 11) is -3.94. The lowest BCUT2D eigenvalue weighted by Crippen LogP contribution is -2.33. The number of ketones is 1. The molecule has 2 aromatic carbocycles. The van der Waals surface area contributed by atoms with Crippen LogP contribution < -0.4 is 14.2 Å². The fraction of sp³-hybridized carbons (Fsp3) is 0.296. The van der Waals surface area contributed by atoms with Crippen LogP contribution in [-0.4, -0.2) is 54.8 Å². The molecular weight excluding hydrogens is 512 g/mol. The summed E-state index contributed by atoms with van der Waals surface area (Å²) in [6.45, 7) is -0.239. The van der Waals surface area contributed by atoms with E-state index in [1.807, 2.05) is 18.2 Å². The Labute approximate surface area is 223 Å². The first kappa shape index (κ1) is 25.8. The maximum Gasteiger partial charge on any atom is 0.306 e. The maximum atomic E-state index is 13.3. The minimum atomic E-state index is -3.94. The van der Waals surface area contributed by atoms with Crippen molar-refractivity contribution in [1.29, 1.82) is 0 Å². The van der Waals surface area contributed by atoms with Crippen molar-refractivity contribution >= 4 is 21.8 Å². The maximum absolute atomic E-state index is 13.3. The summed E-state index contributed by atoms with van der Waals surface area (Å²) in [5.74, 6) is 0.187. The number of nitrogens with one attached hydrogen (secondary N) is 1. The van der Waals surface area contributed by atoms with E-state index < -0.39 is 40.5 Å². The van der Waals surface area contributed by atoms with Gasteiger partial charge in [0.25, 0.3) is 0 Å². The number of aliphatic hydroxyl groups is 1. The minimum Gasteiger partial charge on any atom is -0.481 e. The van der Waals surface area contributed by atoms with Crippen molar-refractivity contribution in [3.05, 3.63) is 71.9 Å². The topological polar surface area (TPSA) is 152 Å². The third-order valence-electron chi connectivity index (χ3n) is 6.74. The van der Waals surface area contributed by atoms with E-state index in [1.54, 1.807) is 30.3 Å². The van der Waals surface area contributed by atoms with E-state index in [0.717, 1.165) is 18.4 Å². The molecule has 1 atom stereocenters. The Hall–Kier alpha value is -3.80. The third kappa shape index (κ3) is 5.40. The number of aliphatic hydroxyl groups excluding tert-OH is 1. The molecule has 1 unspecified atom stereocenters. The Morgan fingerprint density at radius 1 is 1.05 bits per heavy atom. The molecule has 0 saturated heterocycles. The molecule has 5 rings (SSSR count). The summed E-state index contributed by atoms with van der Waals surface area (Å²) in [5.41, 5.74) is 2.26. The van der Waals surface area contributed by atoms with E-state index in [-0.39, 0.29) is 28.2 Å². The number of aliphatic carboxylic acids is 1. The molecule has 2 heterocycles. The Morgan fingerprint density at radius 3 is 2.50 bits per heavy atom. The zero-order chi connectivity index (χ0) is 26.9. The number of hydrogen-bond acceptors (Lipinski definition) is 8. The number of carboxylic acid groups (broad SMARTS) is 1. The molecule has 2 aliphatic rings. The van der Waals surface area contributed by atoms with Crippen LogP contribution in [0.15, 0.2) is 65.6 Å². The van der Waals surface area contributed by atoms with Crippen LogP contribution in [0.3, 0.4) is 0 Å². The zero-order valence-electron chi connectivity index (χ0n) is 20.3. The minimum absolute atomic E-state index is 0. The highest BCUT2D eigenvalue weighted by Crippen LogP contribution is 2.51. The van der Waals surface area contributed by atoms with Crippen molar-refractivity contribution in [2.45, 2.75) is 42.1 Å². The predicted octanol–water partition coefficient (Wildman–Crippen LogP) is 3.17. The Morgan fingerprint density at radius 2 is 1.79 bits per heavy atom. The van der Waals surface area contributed by atoms with Gasteiger partial charge in [0.2, 0.25) is 16.8 Å². The van der Waals surface area contributed by atoms with E-state index in [2.05, 4.69) is 9.71 Å². The van der Waals surface area contributed by atoms with Crippen molar-refractivity contribution in [2.24, 2.45) is 0 Å². The van der Waals surface area contributed by atoms with Gasteiger partial charge in [0.15, 0.2) is 11.5 Å². The molecule has 0 spiro atoms. The lowest BCUT2D eigenvalue weighted by atomic mass is 9.88. The van der Waals surface area contributed by atoms with Gasteiger partial charge in [-0.25, -0.2) is 13.1 Å². The van der Waals surface area contributed by atoms with Crippen LogP contribution in [0.2, 0.25) is 0 Å². The number of hydrogen-bond donors (Lipinski definition) is 3. The summed E-state index contributed by atoms with van der Waals surface area (Å²) < 4.78 is 38.0. The number of Topliss-reactive ketones (excluding diaryl/α,β-unsaturated/α-hetero) is 1. The average Bonchev–Trinajstić information content (AvgIpc) is 3.58. The normalized spacial score (nSPS) is 16.1. The van der Waals surface area contributed by atoms with Crippen molar-refractivity contribution in [1.82, 2.24) is 9.71 Å². The van der Waals surface area contributed by atoms with Gasteiger partial charge in [0.1, 0.15) is 5.78 Å². The molecule has 0 amide bonds. The summed E-state index contributed by atoms with van der Waals surface area (Å²) >= 11 is 0. The predicted molar refractivity (Wildman–Crippen MR) is 142 cm³/mol. The number of fused-ring (bicyclic) bond motifs is 1. The van der Waals surface area contributed by atoms with E-state index in [4.69, 9.17) is 14.6 Å². The van der Waals surface area contributed by atoms with Gasteiger partial charge in [-0.3, -0.25) is 14.6 Å². The molecule has 204 valence electrons. The van der Waals surface area contributed by atoms with Gasteiger partial charge < -0.3 is 19.7 Å². The molecule has 1 aromatic heterocycles.